The molecular formula is C32H34N4OS. The van der Waals surface area contributed by atoms with Gasteiger partial charge in [-0.2, -0.15) is 0 Å². The van der Waals surface area contributed by atoms with Crippen LogP contribution in [-0.2, 0) is 37.3 Å². The first-order chi connectivity index (χ1) is 18.4. The summed E-state index contributed by atoms with van der Waals surface area (Å²) in [6, 6.07) is 21.2. The summed E-state index contributed by atoms with van der Waals surface area (Å²) < 4.78 is 7.38. The van der Waals surface area contributed by atoms with Gasteiger partial charge >= 0.3 is 0 Å². The number of hydrogen-bond donors (Lipinski definition) is 0. The number of fused-ring (bicyclic) bond motifs is 5. The van der Waals surface area contributed by atoms with Crippen LogP contribution in [0.25, 0.3) is 20.4 Å². The number of thiophene rings is 1. The summed E-state index contributed by atoms with van der Waals surface area (Å²) in [5.74, 6) is 1.49. The summed E-state index contributed by atoms with van der Waals surface area (Å²) in [6.45, 7) is 11.0. The fraction of sp³-hybridized carbons (Fsp3) is 0.344. The van der Waals surface area contributed by atoms with Crippen LogP contribution in [0.5, 0.6) is 0 Å². The average Bonchev–Trinajstić information content (AvgIpc) is 3.27. The molecular weight excluding hydrogens is 488 g/mol. The molecule has 0 aliphatic carbocycles. The van der Waals surface area contributed by atoms with Gasteiger partial charge in [0.15, 0.2) is 5.82 Å². The van der Waals surface area contributed by atoms with E-state index in [1.807, 2.05) is 0 Å². The number of anilines is 1. The molecule has 4 heterocycles. The standard InChI is InChI=1S/C32H34N4OS/c1-21(2)15-26-25-19-37-32(3,4)16-24(25)27-28-29(38-31(27)35-26)30(34-20-33-28)36(17-22-11-7-5-8-12-22)18-23-13-9-6-10-14-23/h5-14,20-21H,15-19H2,1-4H3. The minimum atomic E-state index is -0.215. The van der Waals surface area contributed by atoms with Crippen LogP contribution in [0, 0.1) is 5.92 Å². The molecule has 0 fully saturated rings. The molecule has 0 atom stereocenters. The Balaban J connectivity index is 1.54. The second kappa shape index (κ2) is 10.1. The molecule has 0 saturated carbocycles. The number of nitrogens with zero attached hydrogens (tertiary/aromatic N) is 4. The minimum absolute atomic E-state index is 0.215. The maximum Gasteiger partial charge on any atom is 0.150 e. The van der Waals surface area contributed by atoms with Crippen LogP contribution in [-0.4, -0.2) is 20.6 Å². The van der Waals surface area contributed by atoms with Gasteiger partial charge in [0.2, 0.25) is 0 Å². The van der Waals surface area contributed by atoms with Gasteiger partial charge in [-0.15, -0.1) is 11.3 Å². The van der Waals surface area contributed by atoms with Crippen LogP contribution in [0.15, 0.2) is 67.0 Å². The van der Waals surface area contributed by atoms with Gasteiger partial charge in [-0.05, 0) is 42.9 Å². The Bertz CT molecular complexity index is 1540. The summed E-state index contributed by atoms with van der Waals surface area (Å²) in [6.07, 6.45) is 3.53. The van der Waals surface area contributed by atoms with E-state index in [-0.39, 0.29) is 5.60 Å². The molecule has 0 amide bonds. The van der Waals surface area contributed by atoms with Gasteiger partial charge in [0.05, 0.1) is 22.4 Å². The second-order valence-electron chi connectivity index (χ2n) is 11.3. The predicted molar refractivity (Wildman–Crippen MR) is 157 cm³/mol. The number of ether oxygens (including phenoxy) is 1. The summed E-state index contributed by atoms with van der Waals surface area (Å²) in [4.78, 5) is 18.4. The zero-order valence-corrected chi connectivity index (χ0v) is 23.4. The summed E-state index contributed by atoms with van der Waals surface area (Å²) in [7, 11) is 0. The van der Waals surface area contributed by atoms with E-state index in [0.717, 1.165) is 46.8 Å². The monoisotopic (exact) mass is 522 g/mol. The molecule has 194 valence electrons. The van der Waals surface area contributed by atoms with E-state index in [4.69, 9.17) is 19.7 Å². The summed E-state index contributed by atoms with van der Waals surface area (Å²) in [5, 5.41) is 1.19. The lowest BCUT2D eigenvalue weighted by Gasteiger charge is -2.33. The van der Waals surface area contributed by atoms with Gasteiger partial charge < -0.3 is 9.64 Å². The number of benzene rings is 2. The van der Waals surface area contributed by atoms with Crippen molar-refractivity contribution in [2.45, 2.75) is 65.8 Å². The Kier molecular flexibility index (Phi) is 6.62. The largest absolute Gasteiger partial charge is 0.370 e. The molecule has 38 heavy (non-hydrogen) atoms. The van der Waals surface area contributed by atoms with Gasteiger partial charge in [0, 0.05) is 36.2 Å². The van der Waals surface area contributed by atoms with Crippen LogP contribution < -0.4 is 4.90 Å². The van der Waals surface area contributed by atoms with E-state index in [2.05, 4.69) is 93.3 Å². The fourth-order valence-corrected chi connectivity index (χ4v) is 6.65. The number of rotatable bonds is 7. The molecule has 5 nitrogen and oxygen atoms in total. The Morgan fingerprint density at radius 2 is 1.58 bits per heavy atom. The molecule has 2 aromatic carbocycles. The topological polar surface area (TPSA) is 51.1 Å². The molecule has 1 aliphatic heterocycles. The molecule has 0 unspecified atom stereocenters. The highest BCUT2D eigenvalue weighted by Gasteiger charge is 2.32. The van der Waals surface area contributed by atoms with E-state index in [0.29, 0.717) is 12.5 Å². The highest BCUT2D eigenvalue weighted by Crippen LogP contribution is 2.43. The highest BCUT2D eigenvalue weighted by molar-refractivity contribution is 7.26. The van der Waals surface area contributed by atoms with Crippen LogP contribution >= 0.6 is 11.3 Å². The molecule has 0 bridgehead atoms. The molecule has 6 rings (SSSR count). The first kappa shape index (κ1) is 25.0. The highest BCUT2D eigenvalue weighted by atomic mass is 32.1. The second-order valence-corrected chi connectivity index (χ2v) is 12.3. The quantitative estimate of drug-likeness (QED) is 0.222. The summed E-state index contributed by atoms with van der Waals surface area (Å²) in [5.41, 5.74) is 7.09. The lowest BCUT2D eigenvalue weighted by molar-refractivity contribution is -0.0402. The van der Waals surface area contributed by atoms with E-state index in [9.17, 15) is 0 Å². The molecule has 5 aromatic rings. The first-order valence-corrected chi connectivity index (χ1v) is 14.2. The van der Waals surface area contributed by atoms with E-state index >= 15 is 0 Å². The predicted octanol–water partition coefficient (Wildman–Crippen LogP) is 7.50. The van der Waals surface area contributed by atoms with Crippen molar-refractivity contribution in [3.63, 3.8) is 0 Å². The maximum atomic E-state index is 6.27. The van der Waals surface area contributed by atoms with Crippen molar-refractivity contribution in [2.75, 3.05) is 4.90 Å². The van der Waals surface area contributed by atoms with Crippen molar-refractivity contribution >= 4 is 37.6 Å². The smallest absolute Gasteiger partial charge is 0.150 e. The lowest BCUT2D eigenvalue weighted by atomic mass is 9.88. The number of hydrogen-bond acceptors (Lipinski definition) is 6. The van der Waals surface area contributed by atoms with Crippen LogP contribution in [0.4, 0.5) is 5.82 Å². The molecule has 0 radical (unpaired) electrons. The third-order valence-corrected chi connectivity index (χ3v) is 8.30. The Morgan fingerprint density at radius 1 is 0.921 bits per heavy atom. The van der Waals surface area contributed by atoms with Crippen LogP contribution in [0.2, 0.25) is 0 Å². The lowest BCUT2D eigenvalue weighted by Crippen LogP contribution is -2.33. The Hall–Kier alpha value is -3.35. The van der Waals surface area contributed by atoms with E-state index in [1.165, 1.54) is 33.3 Å². The van der Waals surface area contributed by atoms with Crippen molar-refractivity contribution in [3.05, 3.63) is 94.9 Å². The third kappa shape index (κ3) is 4.91. The van der Waals surface area contributed by atoms with Crippen molar-refractivity contribution in [2.24, 2.45) is 5.92 Å². The zero-order chi connectivity index (χ0) is 26.3. The average molecular weight is 523 g/mol. The molecule has 1 aliphatic rings. The molecule has 0 saturated heterocycles. The van der Waals surface area contributed by atoms with Crippen molar-refractivity contribution in [1.82, 2.24) is 15.0 Å². The van der Waals surface area contributed by atoms with Gasteiger partial charge in [0.1, 0.15) is 11.2 Å². The fourth-order valence-electron chi connectivity index (χ4n) is 5.46. The SMILES string of the molecule is CC(C)Cc1nc2sc3c(N(Cc4ccccc4)Cc4ccccc4)ncnc3c2c2c1COC(C)(C)C2. The van der Waals surface area contributed by atoms with Gasteiger partial charge in [0.25, 0.3) is 0 Å². The normalized spacial score (nSPS) is 14.8. The van der Waals surface area contributed by atoms with Gasteiger partial charge in [-0.1, -0.05) is 74.5 Å². The third-order valence-electron chi connectivity index (χ3n) is 7.23. The minimum Gasteiger partial charge on any atom is -0.370 e. The molecule has 0 N–H and O–H groups in total. The Morgan fingerprint density at radius 3 is 2.21 bits per heavy atom. The van der Waals surface area contributed by atoms with E-state index in [1.54, 1.807) is 17.7 Å². The van der Waals surface area contributed by atoms with Crippen molar-refractivity contribution < 1.29 is 4.74 Å². The Labute approximate surface area is 228 Å². The first-order valence-electron chi connectivity index (χ1n) is 13.4. The number of aromatic nitrogens is 3. The maximum absolute atomic E-state index is 6.27. The van der Waals surface area contributed by atoms with E-state index < -0.39 is 0 Å². The van der Waals surface area contributed by atoms with Crippen molar-refractivity contribution in [3.8, 4) is 0 Å². The molecule has 6 heteroatoms. The summed E-state index contributed by atoms with van der Waals surface area (Å²) >= 11 is 1.73. The molecule has 3 aromatic heterocycles. The van der Waals surface area contributed by atoms with Crippen molar-refractivity contribution in [1.29, 1.82) is 0 Å². The van der Waals surface area contributed by atoms with Crippen LogP contribution in [0.3, 0.4) is 0 Å². The number of pyridine rings is 1. The van der Waals surface area contributed by atoms with Gasteiger partial charge in [-0.3, -0.25) is 0 Å². The van der Waals surface area contributed by atoms with Gasteiger partial charge in [-0.25, -0.2) is 15.0 Å². The zero-order valence-electron chi connectivity index (χ0n) is 22.6. The van der Waals surface area contributed by atoms with Crippen LogP contribution in [0.1, 0.15) is 55.6 Å². The molecule has 0 spiro atoms.